The molecule has 0 bridgehead atoms. The van der Waals surface area contributed by atoms with Crippen LogP contribution in [-0.2, 0) is 11.5 Å². The van der Waals surface area contributed by atoms with Crippen molar-refractivity contribution in [2.45, 2.75) is 39.3 Å². The number of aryl methyl sites for hydroxylation is 1. The van der Waals surface area contributed by atoms with Gasteiger partial charge in [-0.2, -0.15) is 5.10 Å². The number of halogens is 1. The molecular formula is C13H20ClN3OSi. The van der Waals surface area contributed by atoms with Gasteiger partial charge in [-0.3, -0.25) is 0 Å². The van der Waals surface area contributed by atoms with Crippen LogP contribution in [0.2, 0.25) is 30.7 Å². The first-order valence-electron chi connectivity index (χ1n) is 6.44. The van der Waals surface area contributed by atoms with Gasteiger partial charge in [0.25, 0.3) is 0 Å². The van der Waals surface area contributed by atoms with Crippen LogP contribution in [0.3, 0.4) is 0 Å². The van der Waals surface area contributed by atoms with Crippen molar-refractivity contribution in [3.8, 4) is 0 Å². The van der Waals surface area contributed by atoms with Crippen LogP contribution in [0.5, 0.6) is 0 Å². The summed E-state index contributed by atoms with van der Waals surface area (Å²) in [6.07, 6.45) is 1.70. The maximum absolute atomic E-state index is 6.17. The molecule has 2 rings (SSSR count). The predicted molar refractivity (Wildman–Crippen MR) is 81.4 cm³/mol. The molecule has 19 heavy (non-hydrogen) atoms. The van der Waals surface area contributed by atoms with Crippen molar-refractivity contribution < 1.29 is 4.74 Å². The Morgan fingerprint density at radius 1 is 1.37 bits per heavy atom. The van der Waals surface area contributed by atoms with E-state index >= 15 is 0 Å². The zero-order valence-corrected chi connectivity index (χ0v) is 13.7. The highest BCUT2D eigenvalue weighted by Gasteiger charge is 2.14. The summed E-state index contributed by atoms with van der Waals surface area (Å²) in [6.45, 7) is 10.2. The molecule has 0 saturated heterocycles. The largest absolute Gasteiger partial charge is 0.359 e. The zero-order valence-electron chi connectivity index (χ0n) is 11.9. The number of ether oxygens (including phenoxy) is 1. The molecule has 0 aliphatic carbocycles. The molecule has 6 heteroatoms. The van der Waals surface area contributed by atoms with Gasteiger partial charge < -0.3 is 4.74 Å². The number of aromatic nitrogens is 3. The third-order valence-electron chi connectivity index (χ3n) is 2.97. The van der Waals surface area contributed by atoms with Gasteiger partial charge in [-0.15, -0.1) is 0 Å². The lowest BCUT2D eigenvalue weighted by molar-refractivity contribution is 0.0811. The summed E-state index contributed by atoms with van der Waals surface area (Å²) in [5, 5.41) is 6.05. The van der Waals surface area contributed by atoms with Crippen molar-refractivity contribution in [1.29, 1.82) is 0 Å². The van der Waals surface area contributed by atoms with Crippen LogP contribution in [0.25, 0.3) is 11.0 Å². The monoisotopic (exact) mass is 297 g/mol. The normalized spacial score (nSPS) is 12.3. The average molecular weight is 298 g/mol. The van der Waals surface area contributed by atoms with Crippen molar-refractivity contribution in [2.75, 3.05) is 6.61 Å². The highest BCUT2D eigenvalue weighted by atomic mass is 35.5. The molecule has 2 heterocycles. The van der Waals surface area contributed by atoms with E-state index in [1.54, 1.807) is 16.9 Å². The van der Waals surface area contributed by atoms with E-state index in [2.05, 4.69) is 29.7 Å². The van der Waals surface area contributed by atoms with E-state index in [-0.39, 0.29) is 0 Å². The lowest BCUT2D eigenvalue weighted by Crippen LogP contribution is -2.22. The van der Waals surface area contributed by atoms with Gasteiger partial charge in [0.1, 0.15) is 6.73 Å². The number of pyridine rings is 1. The Kier molecular flexibility index (Phi) is 4.28. The predicted octanol–water partition coefficient (Wildman–Crippen LogP) is 3.71. The molecule has 0 spiro atoms. The second-order valence-electron chi connectivity index (χ2n) is 5.92. The van der Waals surface area contributed by atoms with Gasteiger partial charge in [-0.25, -0.2) is 9.67 Å². The van der Waals surface area contributed by atoms with Crippen molar-refractivity contribution in [3.63, 3.8) is 0 Å². The molecule has 0 unspecified atom stereocenters. The van der Waals surface area contributed by atoms with E-state index in [1.807, 2.05) is 6.92 Å². The van der Waals surface area contributed by atoms with Gasteiger partial charge in [-0.05, 0) is 19.0 Å². The highest BCUT2D eigenvalue weighted by molar-refractivity contribution is 6.76. The minimum atomic E-state index is -1.04. The van der Waals surface area contributed by atoms with Crippen molar-refractivity contribution in [2.24, 2.45) is 0 Å². The molecule has 4 nitrogen and oxygen atoms in total. The second-order valence-corrected chi connectivity index (χ2v) is 12.0. The molecule has 2 aromatic rings. The van der Waals surface area contributed by atoms with E-state index in [9.17, 15) is 0 Å². The molecule has 0 atom stereocenters. The molecule has 0 saturated carbocycles. The van der Waals surface area contributed by atoms with Crippen molar-refractivity contribution >= 4 is 30.7 Å². The summed E-state index contributed by atoms with van der Waals surface area (Å²) in [5.41, 5.74) is 1.68. The minimum Gasteiger partial charge on any atom is -0.359 e. The van der Waals surface area contributed by atoms with Crippen LogP contribution < -0.4 is 0 Å². The van der Waals surface area contributed by atoms with Gasteiger partial charge >= 0.3 is 0 Å². The molecular weight excluding hydrogens is 278 g/mol. The fraction of sp³-hybridized carbons (Fsp3) is 0.538. The Morgan fingerprint density at radius 2 is 2.11 bits per heavy atom. The summed E-state index contributed by atoms with van der Waals surface area (Å²) in [7, 11) is -1.04. The molecule has 104 valence electrons. The average Bonchev–Trinajstić information content (AvgIpc) is 2.62. The summed E-state index contributed by atoms with van der Waals surface area (Å²) >= 11 is 6.17. The standard InChI is InChI=1S/C13H20ClN3OSi/c1-10-12-11(14)5-6-15-13(12)17(16-10)9-18-7-8-19(2,3)4/h5-6H,7-9H2,1-4H3. The van der Waals surface area contributed by atoms with Crippen LogP contribution in [-0.4, -0.2) is 29.4 Å². The Hall–Kier alpha value is -0.913. The van der Waals surface area contributed by atoms with Gasteiger partial charge in [0, 0.05) is 20.9 Å². The molecule has 0 amide bonds. The van der Waals surface area contributed by atoms with E-state index in [0.29, 0.717) is 11.8 Å². The highest BCUT2D eigenvalue weighted by Crippen LogP contribution is 2.24. The number of hydrogen-bond donors (Lipinski definition) is 0. The summed E-state index contributed by atoms with van der Waals surface area (Å²) in [5.74, 6) is 0. The van der Waals surface area contributed by atoms with Crippen molar-refractivity contribution in [3.05, 3.63) is 23.0 Å². The van der Waals surface area contributed by atoms with Crippen LogP contribution in [0, 0.1) is 6.92 Å². The van der Waals surface area contributed by atoms with Gasteiger partial charge in [-0.1, -0.05) is 31.2 Å². The third-order valence-corrected chi connectivity index (χ3v) is 4.99. The Bertz CT molecular complexity index is 577. The fourth-order valence-electron chi connectivity index (χ4n) is 1.86. The molecule has 0 N–H and O–H groups in total. The molecule has 0 fully saturated rings. The van der Waals surface area contributed by atoms with E-state index in [1.165, 1.54) is 0 Å². The molecule has 0 aliphatic rings. The van der Waals surface area contributed by atoms with Crippen LogP contribution >= 0.6 is 11.6 Å². The SMILES string of the molecule is Cc1nn(COCC[Si](C)(C)C)c2nccc(Cl)c12. The van der Waals surface area contributed by atoms with Gasteiger partial charge in [0.15, 0.2) is 5.65 Å². The van der Waals surface area contributed by atoms with Crippen LogP contribution in [0.1, 0.15) is 5.69 Å². The van der Waals surface area contributed by atoms with Crippen molar-refractivity contribution in [1.82, 2.24) is 14.8 Å². The Morgan fingerprint density at radius 3 is 2.79 bits per heavy atom. The summed E-state index contributed by atoms with van der Waals surface area (Å²) in [6, 6.07) is 2.94. The van der Waals surface area contributed by atoms with Gasteiger partial charge in [0.2, 0.25) is 0 Å². The third kappa shape index (κ3) is 3.55. The lowest BCUT2D eigenvalue weighted by atomic mass is 10.3. The summed E-state index contributed by atoms with van der Waals surface area (Å²) < 4.78 is 7.49. The van der Waals surface area contributed by atoms with Gasteiger partial charge in [0.05, 0.1) is 16.1 Å². The van der Waals surface area contributed by atoms with Crippen LogP contribution in [0.4, 0.5) is 0 Å². The minimum absolute atomic E-state index is 0.433. The fourth-order valence-corrected chi connectivity index (χ4v) is 2.89. The smallest absolute Gasteiger partial charge is 0.161 e. The number of hydrogen-bond acceptors (Lipinski definition) is 3. The van der Waals surface area contributed by atoms with E-state index in [4.69, 9.17) is 16.3 Å². The zero-order chi connectivity index (χ0) is 14.0. The van der Waals surface area contributed by atoms with Crippen LogP contribution in [0.15, 0.2) is 12.3 Å². The number of nitrogens with zero attached hydrogens (tertiary/aromatic N) is 3. The summed E-state index contributed by atoms with van der Waals surface area (Å²) in [4.78, 5) is 4.34. The maximum atomic E-state index is 6.17. The molecule has 0 aliphatic heterocycles. The van der Waals surface area contributed by atoms with E-state index in [0.717, 1.165) is 29.4 Å². The second kappa shape index (κ2) is 5.61. The topological polar surface area (TPSA) is 39.9 Å². The first kappa shape index (κ1) is 14.5. The number of rotatable bonds is 5. The Balaban J connectivity index is 2.08. The molecule has 2 aromatic heterocycles. The first-order valence-corrected chi connectivity index (χ1v) is 10.5. The first-order chi connectivity index (χ1) is 8.88. The molecule has 0 aromatic carbocycles. The van der Waals surface area contributed by atoms with E-state index < -0.39 is 8.07 Å². The maximum Gasteiger partial charge on any atom is 0.161 e. The molecule has 0 radical (unpaired) electrons. The number of fused-ring (bicyclic) bond motifs is 1. The lowest BCUT2D eigenvalue weighted by Gasteiger charge is -2.15. The quantitative estimate of drug-likeness (QED) is 0.624. The Labute approximate surface area is 119 Å².